The van der Waals surface area contributed by atoms with Crippen LogP contribution < -0.4 is 5.32 Å². The van der Waals surface area contributed by atoms with Gasteiger partial charge in [0.05, 0.1) is 6.54 Å². The van der Waals surface area contributed by atoms with Crippen LogP contribution in [0.2, 0.25) is 0 Å². The molecule has 1 N–H and O–H groups in total. The summed E-state index contributed by atoms with van der Waals surface area (Å²) in [5.41, 5.74) is 2.06. The van der Waals surface area contributed by atoms with Gasteiger partial charge in [-0.15, -0.1) is 0 Å². The zero-order valence-electron chi connectivity index (χ0n) is 11.9. The highest BCUT2D eigenvalue weighted by molar-refractivity contribution is 7.08. The Bertz CT molecular complexity index is 758. The normalized spacial score (nSPS) is 10.9. The molecule has 2 aromatic heterocycles. The van der Waals surface area contributed by atoms with Crippen LogP contribution in [0.15, 0.2) is 69.8 Å². The van der Waals surface area contributed by atoms with Crippen LogP contribution >= 0.6 is 11.3 Å². The number of hydrogen-bond acceptors (Lipinski definition) is 3. The zero-order chi connectivity index (χ0) is 15.2. The molecule has 0 saturated heterocycles. The number of amides is 1. The van der Waals surface area contributed by atoms with Gasteiger partial charge in [-0.05, 0) is 35.2 Å². The topological polar surface area (TPSA) is 42.2 Å². The molecule has 0 saturated carbocycles. The van der Waals surface area contributed by atoms with Gasteiger partial charge in [-0.2, -0.15) is 11.3 Å². The van der Waals surface area contributed by atoms with Crippen molar-refractivity contribution in [2.45, 2.75) is 6.54 Å². The molecule has 1 aromatic carbocycles. The van der Waals surface area contributed by atoms with Gasteiger partial charge >= 0.3 is 0 Å². The lowest BCUT2D eigenvalue weighted by Gasteiger charge is -1.99. The summed E-state index contributed by atoms with van der Waals surface area (Å²) < 4.78 is 5.71. The lowest BCUT2D eigenvalue weighted by atomic mass is 10.2. The fourth-order valence-corrected chi connectivity index (χ4v) is 2.65. The highest BCUT2D eigenvalue weighted by Crippen LogP contribution is 2.24. The summed E-state index contributed by atoms with van der Waals surface area (Å²) in [7, 11) is 0. The predicted octanol–water partition coefficient (Wildman–Crippen LogP) is 4.34. The highest BCUT2D eigenvalue weighted by atomic mass is 32.1. The van der Waals surface area contributed by atoms with Crippen LogP contribution in [0.3, 0.4) is 0 Å². The zero-order valence-corrected chi connectivity index (χ0v) is 12.7. The SMILES string of the molecule is O=C(C=Cc1ccccc1)NCc1ccc(-c2ccsc2)o1. The van der Waals surface area contributed by atoms with Crippen LogP contribution in [0.5, 0.6) is 0 Å². The summed E-state index contributed by atoms with van der Waals surface area (Å²) in [6, 6.07) is 15.5. The van der Waals surface area contributed by atoms with Crippen LogP contribution in [0.4, 0.5) is 0 Å². The number of thiophene rings is 1. The van der Waals surface area contributed by atoms with Crippen molar-refractivity contribution in [2.75, 3.05) is 0 Å². The summed E-state index contributed by atoms with van der Waals surface area (Å²) in [4.78, 5) is 11.8. The molecule has 3 rings (SSSR count). The maximum absolute atomic E-state index is 11.8. The summed E-state index contributed by atoms with van der Waals surface area (Å²) in [5.74, 6) is 1.42. The molecule has 0 fully saturated rings. The molecule has 1 amide bonds. The third-order valence-electron chi connectivity index (χ3n) is 3.13. The second-order valence-corrected chi connectivity index (χ2v) is 5.52. The van der Waals surface area contributed by atoms with E-state index in [1.165, 1.54) is 6.08 Å². The van der Waals surface area contributed by atoms with Crippen molar-refractivity contribution >= 4 is 23.3 Å². The number of hydrogen-bond donors (Lipinski definition) is 1. The van der Waals surface area contributed by atoms with E-state index < -0.39 is 0 Å². The van der Waals surface area contributed by atoms with E-state index in [1.807, 2.05) is 59.3 Å². The third-order valence-corrected chi connectivity index (χ3v) is 3.81. The Morgan fingerprint density at radius 3 is 2.77 bits per heavy atom. The molecule has 0 aliphatic carbocycles. The fraction of sp³-hybridized carbons (Fsp3) is 0.0556. The van der Waals surface area contributed by atoms with E-state index in [4.69, 9.17) is 4.42 Å². The van der Waals surface area contributed by atoms with Crippen LogP contribution in [0.25, 0.3) is 17.4 Å². The molecule has 110 valence electrons. The molecule has 3 nitrogen and oxygen atoms in total. The van der Waals surface area contributed by atoms with Gasteiger partial charge in [0.25, 0.3) is 0 Å². The minimum Gasteiger partial charge on any atom is -0.459 e. The molecule has 2 heterocycles. The first-order valence-electron chi connectivity index (χ1n) is 6.93. The van der Waals surface area contributed by atoms with E-state index in [0.717, 1.165) is 22.6 Å². The standard InChI is InChI=1S/C18H15NO2S/c20-18(9-6-14-4-2-1-3-5-14)19-12-16-7-8-17(21-16)15-10-11-22-13-15/h1-11,13H,12H2,(H,19,20). The van der Waals surface area contributed by atoms with Gasteiger partial charge < -0.3 is 9.73 Å². The Morgan fingerprint density at radius 2 is 2.00 bits per heavy atom. The lowest BCUT2D eigenvalue weighted by molar-refractivity contribution is -0.116. The first kappa shape index (κ1) is 14.4. The van der Waals surface area contributed by atoms with Gasteiger partial charge in [-0.25, -0.2) is 0 Å². The molecule has 0 unspecified atom stereocenters. The number of carbonyl (C=O) groups excluding carboxylic acids is 1. The highest BCUT2D eigenvalue weighted by Gasteiger charge is 2.05. The molecule has 0 aliphatic rings. The molecule has 0 aliphatic heterocycles. The maximum atomic E-state index is 11.8. The summed E-state index contributed by atoms with van der Waals surface area (Å²) in [5, 5.41) is 6.85. The van der Waals surface area contributed by atoms with Crippen molar-refractivity contribution in [1.29, 1.82) is 0 Å². The first-order valence-corrected chi connectivity index (χ1v) is 7.88. The van der Waals surface area contributed by atoms with E-state index in [0.29, 0.717) is 6.54 Å². The number of benzene rings is 1. The number of carbonyl (C=O) groups is 1. The largest absolute Gasteiger partial charge is 0.459 e. The number of furan rings is 1. The molecule has 3 aromatic rings. The van der Waals surface area contributed by atoms with Crippen molar-refractivity contribution < 1.29 is 9.21 Å². The lowest BCUT2D eigenvalue weighted by Crippen LogP contribution is -2.19. The van der Waals surface area contributed by atoms with Gasteiger partial charge in [0.15, 0.2) is 0 Å². The van der Waals surface area contributed by atoms with Crippen LogP contribution in [0.1, 0.15) is 11.3 Å². The Balaban J connectivity index is 1.54. The molecule has 22 heavy (non-hydrogen) atoms. The summed E-state index contributed by atoms with van der Waals surface area (Å²) >= 11 is 1.63. The van der Waals surface area contributed by atoms with E-state index in [9.17, 15) is 4.79 Å². The van der Waals surface area contributed by atoms with Gasteiger partial charge in [0.1, 0.15) is 11.5 Å². The second-order valence-electron chi connectivity index (χ2n) is 4.74. The van der Waals surface area contributed by atoms with E-state index >= 15 is 0 Å². The molecule has 4 heteroatoms. The van der Waals surface area contributed by atoms with E-state index in [-0.39, 0.29) is 5.91 Å². The minimum absolute atomic E-state index is 0.141. The van der Waals surface area contributed by atoms with Crippen LogP contribution in [-0.4, -0.2) is 5.91 Å². The number of nitrogens with one attached hydrogen (secondary N) is 1. The van der Waals surface area contributed by atoms with Crippen molar-refractivity contribution in [3.8, 4) is 11.3 Å². The predicted molar refractivity (Wildman–Crippen MR) is 89.3 cm³/mol. The molecule has 0 spiro atoms. The van der Waals surface area contributed by atoms with Crippen molar-refractivity contribution in [3.63, 3.8) is 0 Å². The smallest absolute Gasteiger partial charge is 0.244 e. The van der Waals surface area contributed by atoms with Gasteiger partial charge in [-0.3, -0.25) is 4.79 Å². The Morgan fingerprint density at radius 1 is 1.14 bits per heavy atom. The van der Waals surface area contributed by atoms with Gasteiger partial charge in [0, 0.05) is 17.0 Å². The Hall–Kier alpha value is -2.59. The Kier molecular flexibility index (Phi) is 4.51. The summed E-state index contributed by atoms with van der Waals surface area (Å²) in [6.07, 6.45) is 3.31. The van der Waals surface area contributed by atoms with Gasteiger partial charge in [0.2, 0.25) is 5.91 Å². The van der Waals surface area contributed by atoms with Crippen molar-refractivity contribution in [3.05, 3.63) is 76.7 Å². The molecule has 0 bridgehead atoms. The molecule has 0 radical (unpaired) electrons. The molecule has 0 atom stereocenters. The minimum atomic E-state index is -0.141. The molecular formula is C18H15NO2S. The van der Waals surface area contributed by atoms with Crippen LogP contribution in [0, 0.1) is 0 Å². The van der Waals surface area contributed by atoms with Gasteiger partial charge in [-0.1, -0.05) is 30.3 Å². The third kappa shape index (κ3) is 3.74. The quantitative estimate of drug-likeness (QED) is 0.712. The average Bonchev–Trinajstić information content (AvgIpc) is 3.22. The summed E-state index contributed by atoms with van der Waals surface area (Å²) in [6.45, 7) is 0.377. The fourth-order valence-electron chi connectivity index (χ4n) is 2.00. The number of rotatable bonds is 5. The monoisotopic (exact) mass is 309 g/mol. The molecular weight excluding hydrogens is 294 g/mol. The average molecular weight is 309 g/mol. The second kappa shape index (κ2) is 6.91. The van der Waals surface area contributed by atoms with Crippen molar-refractivity contribution in [2.24, 2.45) is 0 Å². The van der Waals surface area contributed by atoms with Crippen molar-refractivity contribution in [1.82, 2.24) is 5.32 Å². The van der Waals surface area contributed by atoms with E-state index in [1.54, 1.807) is 17.4 Å². The first-order chi connectivity index (χ1) is 10.8. The van der Waals surface area contributed by atoms with Crippen LogP contribution in [-0.2, 0) is 11.3 Å². The maximum Gasteiger partial charge on any atom is 0.244 e. The van der Waals surface area contributed by atoms with E-state index in [2.05, 4.69) is 5.32 Å². The Labute approximate surface area is 132 Å².